The topological polar surface area (TPSA) is 43.8 Å². The van der Waals surface area contributed by atoms with E-state index in [0.29, 0.717) is 6.04 Å². The van der Waals surface area contributed by atoms with E-state index in [2.05, 4.69) is 63.3 Å². The lowest BCUT2D eigenvalue weighted by Crippen LogP contribution is -2.45. The van der Waals surface area contributed by atoms with Crippen LogP contribution in [-0.4, -0.2) is 60.5 Å². The monoisotopic (exact) mass is 365 g/mol. The van der Waals surface area contributed by atoms with Crippen molar-refractivity contribution in [3.63, 3.8) is 0 Å². The molecule has 5 heteroatoms. The molecule has 1 unspecified atom stereocenters. The lowest BCUT2D eigenvalue weighted by Gasteiger charge is -2.29. The zero-order valence-electron chi connectivity index (χ0n) is 16.7. The fraction of sp³-hybridized carbons (Fsp3) is 0.455. The summed E-state index contributed by atoms with van der Waals surface area (Å²) in [5.74, 6) is 0.946. The Morgan fingerprint density at radius 2 is 2.19 bits per heavy atom. The molecule has 1 aromatic heterocycles. The highest BCUT2D eigenvalue weighted by atomic mass is 15.3. The fourth-order valence-electron chi connectivity index (χ4n) is 3.86. The number of hydrogen-bond acceptors (Lipinski definition) is 3. The molecule has 144 valence electrons. The van der Waals surface area contributed by atoms with E-state index < -0.39 is 0 Å². The Balaban J connectivity index is 1.59. The second-order valence-electron chi connectivity index (χ2n) is 7.12. The number of nitrogens with zero attached hydrogens (tertiary/aromatic N) is 4. The number of rotatable bonds is 6. The quantitative estimate of drug-likeness (QED) is 0.630. The van der Waals surface area contributed by atoms with Gasteiger partial charge in [0.1, 0.15) is 0 Å². The van der Waals surface area contributed by atoms with E-state index in [0.717, 1.165) is 36.9 Å². The van der Waals surface area contributed by atoms with Crippen molar-refractivity contribution in [1.82, 2.24) is 20.1 Å². The number of aromatic nitrogens is 1. The number of likely N-dealkylation sites (tertiary alicyclic amines) is 1. The van der Waals surface area contributed by atoms with Gasteiger partial charge in [-0.25, -0.2) is 0 Å². The molecule has 1 aliphatic heterocycles. The highest BCUT2D eigenvalue weighted by Crippen LogP contribution is 2.18. The summed E-state index contributed by atoms with van der Waals surface area (Å²) in [7, 11) is 3.99. The zero-order chi connectivity index (χ0) is 19.1. The third kappa shape index (κ3) is 5.07. The van der Waals surface area contributed by atoms with Gasteiger partial charge in [-0.15, -0.1) is 0 Å². The maximum atomic E-state index is 4.48. The number of hydrogen-bond donors (Lipinski definition) is 1. The van der Waals surface area contributed by atoms with E-state index in [1.807, 2.05) is 31.4 Å². The Kier molecular flexibility index (Phi) is 6.82. The number of benzene rings is 1. The maximum absolute atomic E-state index is 4.48. The van der Waals surface area contributed by atoms with E-state index in [9.17, 15) is 0 Å². The van der Waals surface area contributed by atoms with Crippen LogP contribution in [0.3, 0.4) is 0 Å². The first-order chi connectivity index (χ1) is 13.2. The van der Waals surface area contributed by atoms with E-state index in [1.54, 1.807) is 0 Å². The molecular formula is C22H31N5. The summed E-state index contributed by atoms with van der Waals surface area (Å²) < 4.78 is 0. The molecule has 3 rings (SSSR count). The van der Waals surface area contributed by atoms with Crippen molar-refractivity contribution < 1.29 is 0 Å². The van der Waals surface area contributed by atoms with Crippen molar-refractivity contribution in [1.29, 1.82) is 0 Å². The lowest BCUT2D eigenvalue weighted by atomic mass is 10.1. The van der Waals surface area contributed by atoms with Crippen molar-refractivity contribution >= 4 is 5.96 Å². The zero-order valence-corrected chi connectivity index (χ0v) is 16.7. The molecular weight excluding hydrogens is 334 g/mol. The second kappa shape index (κ2) is 9.51. The Morgan fingerprint density at radius 3 is 2.93 bits per heavy atom. The third-order valence-corrected chi connectivity index (χ3v) is 5.30. The molecule has 0 saturated carbocycles. The predicted octanol–water partition coefficient (Wildman–Crippen LogP) is 3.24. The number of aliphatic imine (C=N–C) groups is 1. The van der Waals surface area contributed by atoms with Crippen LogP contribution in [0.1, 0.15) is 25.3 Å². The van der Waals surface area contributed by atoms with Crippen molar-refractivity contribution in [3.8, 4) is 11.3 Å². The number of guanidine groups is 1. The van der Waals surface area contributed by atoms with Gasteiger partial charge in [-0.05, 0) is 49.7 Å². The van der Waals surface area contributed by atoms with Crippen LogP contribution in [0, 0.1) is 0 Å². The van der Waals surface area contributed by atoms with Crippen molar-refractivity contribution in [2.75, 3.05) is 33.7 Å². The van der Waals surface area contributed by atoms with Crippen LogP contribution in [0.15, 0.2) is 53.7 Å². The Morgan fingerprint density at radius 1 is 1.30 bits per heavy atom. The van der Waals surface area contributed by atoms with Crippen molar-refractivity contribution in [2.45, 2.75) is 32.4 Å². The summed E-state index contributed by atoms with van der Waals surface area (Å²) >= 11 is 0. The summed E-state index contributed by atoms with van der Waals surface area (Å²) in [5.41, 5.74) is 3.37. The minimum absolute atomic E-state index is 0.631. The van der Waals surface area contributed by atoms with Gasteiger partial charge in [0.05, 0.1) is 5.69 Å². The van der Waals surface area contributed by atoms with Gasteiger partial charge in [0.15, 0.2) is 5.96 Å². The van der Waals surface area contributed by atoms with Crippen LogP contribution in [0.4, 0.5) is 0 Å². The average Bonchev–Trinajstić information content (AvgIpc) is 3.16. The Bertz CT molecular complexity index is 743. The molecule has 1 saturated heterocycles. The molecule has 1 atom stereocenters. The SMILES string of the molecule is CCN1CCCC1CN(C)C(=NC)NCc1cccc(-c2ccccn2)c1. The van der Waals surface area contributed by atoms with E-state index in [-0.39, 0.29) is 0 Å². The average molecular weight is 366 g/mol. The normalized spacial score (nSPS) is 17.9. The summed E-state index contributed by atoms with van der Waals surface area (Å²) in [6, 6.07) is 15.2. The first-order valence-electron chi connectivity index (χ1n) is 9.87. The summed E-state index contributed by atoms with van der Waals surface area (Å²) in [5, 5.41) is 3.51. The van der Waals surface area contributed by atoms with Crippen molar-refractivity contribution in [3.05, 3.63) is 54.2 Å². The lowest BCUT2D eigenvalue weighted by molar-refractivity contribution is 0.232. The van der Waals surface area contributed by atoms with E-state index in [1.165, 1.54) is 24.9 Å². The van der Waals surface area contributed by atoms with E-state index in [4.69, 9.17) is 0 Å². The minimum atomic E-state index is 0.631. The Labute approximate surface area is 163 Å². The molecule has 0 spiro atoms. The molecule has 5 nitrogen and oxygen atoms in total. The molecule has 2 heterocycles. The standard InChI is InChI=1S/C22H31N5/c1-4-27-14-8-11-20(27)17-26(3)22(23-2)25-16-18-9-7-10-19(15-18)21-12-5-6-13-24-21/h5-7,9-10,12-13,15,20H,4,8,11,14,16-17H2,1-3H3,(H,23,25). The molecule has 1 aliphatic rings. The first kappa shape index (κ1) is 19.4. The van der Waals surface area contributed by atoms with E-state index >= 15 is 0 Å². The smallest absolute Gasteiger partial charge is 0.193 e. The largest absolute Gasteiger partial charge is 0.352 e. The van der Waals surface area contributed by atoms with Gasteiger partial charge < -0.3 is 10.2 Å². The van der Waals surface area contributed by atoms with Gasteiger partial charge in [-0.3, -0.25) is 14.9 Å². The minimum Gasteiger partial charge on any atom is -0.352 e. The molecule has 1 N–H and O–H groups in total. The van der Waals surface area contributed by atoms with Gasteiger partial charge in [0.2, 0.25) is 0 Å². The molecule has 1 aromatic carbocycles. The molecule has 1 fully saturated rings. The molecule has 0 amide bonds. The van der Waals surface area contributed by atoms with Crippen LogP contribution in [-0.2, 0) is 6.54 Å². The number of likely N-dealkylation sites (N-methyl/N-ethyl adjacent to an activating group) is 2. The van der Waals surface area contributed by atoms with Crippen molar-refractivity contribution in [2.24, 2.45) is 4.99 Å². The summed E-state index contributed by atoms with van der Waals surface area (Å²) in [6.45, 7) is 6.37. The molecule has 0 radical (unpaired) electrons. The van der Waals surface area contributed by atoms with Gasteiger partial charge in [0.25, 0.3) is 0 Å². The first-order valence-corrected chi connectivity index (χ1v) is 9.87. The second-order valence-corrected chi connectivity index (χ2v) is 7.12. The molecule has 2 aromatic rings. The fourth-order valence-corrected chi connectivity index (χ4v) is 3.86. The number of nitrogens with one attached hydrogen (secondary N) is 1. The van der Waals surface area contributed by atoms with Crippen LogP contribution >= 0.6 is 0 Å². The van der Waals surface area contributed by atoms with Crippen LogP contribution in [0.2, 0.25) is 0 Å². The van der Waals surface area contributed by atoms with Crippen LogP contribution in [0.25, 0.3) is 11.3 Å². The van der Waals surface area contributed by atoms with Crippen LogP contribution in [0.5, 0.6) is 0 Å². The van der Waals surface area contributed by atoms with Gasteiger partial charge in [0, 0.05) is 45.0 Å². The molecule has 0 bridgehead atoms. The Hall–Kier alpha value is -2.40. The highest BCUT2D eigenvalue weighted by Gasteiger charge is 2.24. The third-order valence-electron chi connectivity index (χ3n) is 5.30. The predicted molar refractivity (Wildman–Crippen MR) is 113 cm³/mol. The van der Waals surface area contributed by atoms with Gasteiger partial charge >= 0.3 is 0 Å². The van der Waals surface area contributed by atoms with Crippen LogP contribution < -0.4 is 5.32 Å². The molecule has 0 aliphatic carbocycles. The molecule has 27 heavy (non-hydrogen) atoms. The van der Waals surface area contributed by atoms with Gasteiger partial charge in [-0.2, -0.15) is 0 Å². The summed E-state index contributed by atoms with van der Waals surface area (Å²) in [4.78, 5) is 13.7. The maximum Gasteiger partial charge on any atom is 0.193 e. The number of pyridine rings is 1. The van der Waals surface area contributed by atoms with Gasteiger partial charge in [-0.1, -0.05) is 31.2 Å². The highest BCUT2D eigenvalue weighted by molar-refractivity contribution is 5.79. The summed E-state index contributed by atoms with van der Waals surface area (Å²) in [6.07, 6.45) is 4.42.